The highest BCUT2D eigenvalue weighted by Gasteiger charge is 2.59. The third-order valence-electron chi connectivity index (χ3n) is 4.60. The van der Waals surface area contributed by atoms with Crippen LogP contribution in [0.1, 0.15) is 32.6 Å². The lowest BCUT2D eigenvalue weighted by Gasteiger charge is -2.66. The molecule has 0 amide bonds. The van der Waals surface area contributed by atoms with Gasteiger partial charge in [-0.15, -0.1) is 0 Å². The third kappa shape index (κ3) is 0.618. The van der Waals surface area contributed by atoms with Gasteiger partial charge in [0.25, 0.3) is 0 Å². The van der Waals surface area contributed by atoms with E-state index in [1.54, 1.807) is 6.42 Å². The molecule has 62 valence electrons. The van der Waals surface area contributed by atoms with Gasteiger partial charge in [0, 0.05) is 6.04 Å². The fourth-order valence-corrected chi connectivity index (χ4v) is 3.96. The van der Waals surface area contributed by atoms with Crippen molar-refractivity contribution in [2.24, 2.45) is 17.3 Å². The molecule has 2 saturated heterocycles. The summed E-state index contributed by atoms with van der Waals surface area (Å²) in [6, 6.07) is 0.902. The largest absolute Gasteiger partial charge is 0.314 e. The topological polar surface area (TPSA) is 12.0 Å². The molecule has 2 heterocycles. The summed E-state index contributed by atoms with van der Waals surface area (Å²) in [5.74, 6) is 2.19. The fraction of sp³-hybridized carbons (Fsp3) is 1.00. The van der Waals surface area contributed by atoms with Gasteiger partial charge in [-0.25, -0.2) is 0 Å². The summed E-state index contributed by atoms with van der Waals surface area (Å²) in [5.41, 5.74) is 0.818. The number of rotatable bonds is 1. The van der Waals surface area contributed by atoms with Crippen molar-refractivity contribution in [3.8, 4) is 0 Å². The quantitative estimate of drug-likeness (QED) is 0.602. The normalized spacial score (nSPS) is 59.2. The van der Waals surface area contributed by atoms with Gasteiger partial charge in [0.05, 0.1) is 0 Å². The van der Waals surface area contributed by atoms with Gasteiger partial charge in [-0.2, -0.15) is 0 Å². The fourth-order valence-electron chi connectivity index (χ4n) is 3.96. The summed E-state index contributed by atoms with van der Waals surface area (Å²) in [5, 5.41) is 3.64. The molecule has 3 aliphatic carbocycles. The highest BCUT2D eigenvalue weighted by molar-refractivity contribution is 5.11. The van der Waals surface area contributed by atoms with Crippen molar-refractivity contribution < 1.29 is 0 Å². The van der Waals surface area contributed by atoms with Crippen molar-refractivity contribution in [3.63, 3.8) is 0 Å². The van der Waals surface area contributed by atoms with Crippen LogP contribution in [0.3, 0.4) is 0 Å². The highest BCUT2D eigenvalue weighted by Crippen LogP contribution is 2.63. The van der Waals surface area contributed by atoms with E-state index in [9.17, 15) is 0 Å². The molecule has 5 fully saturated rings. The molecule has 11 heavy (non-hydrogen) atoms. The van der Waals surface area contributed by atoms with Gasteiger partial charge in [-0.1, -0.05) is 13.3 Å². The minimum Gasteiger partial charge on any atom is -0.314 e. The van der Waals surface area contributed by atoms with Crippen molar-refractivity contribution >= 4 is 0 Å². The predicted molar refractivity (Wildman–Crippen MR) is 45.3 cm³/mol. The summed E-state index contributed by atoms with van der Waals surface area (Å²) in [6.07, 6.45) is 5.98. The first kappa shape index (κ1) is 6.47. The molecule has 0 aromatic carbocycles. The van der Waals surface area contributed by atoms with E-state index in [-0.39, 0.29) is 0 Å². The summed E-state index contributed by atoms with van der Waals surface area (Å²) in [7, 11) is 0. The molecule has 4 atom stereocenters. The maximum Gasteiger partial charge on any atom is 0.00753 e. The Labute approximate surface area is 68.6 Å². The van der Waals surface area contributed by atoms with Crippen molar-refractivity contribution in [3.05, 3.63) is 0 Å². The van der Waals surface area contributed by atoms with Crippen LogP contribution in [0.2, 0.25) is 0 Å². The number of nitrogens with one attached hydrogen (secondary N) is 1. The maximum absolute atomic E-state index is 3.64. The van der Waals surface area contributed by atoms with Crippen molar-refractivity contribution in [1.82, 2.24) is 5.32 Å². The van der Waals surface area contributed by atoms with E-state index in [1.807, 2.05) is 0 Å². The van der Waals surface area contributed by atoms with Gasteiger partial charge in [-0.3, -0.25) is 0 Å². The molecule has 5 aliphatic rings. The average Bonchev–Trinajstić information content (AvgIpc) is 2.04. The monoisotopic (exact) mass is 151 g/mol. The van der Waals surface area contributed by atoms with E-state index < -0.39 is 0 Å². The van der Waals surface area contributed by atoms with Crippen LogP contribution in [-0.2, 0) is 0 Å². The Bertz CT molecular complexity index is 189. The van der Waals surface area contributed by atoms with E-state index in [1.165, 1.54) is 25.8 Å². The minimum atomic E-state index is 0.818. The standard InChI is InChI=1S/C10H17N/c1-2-10-4-7-3-8(5-10)11-6-9(7)10/h7-9,11H,2-6H2,1H3. The second kappa shape index (κ2) is 1.82. The third-order valence-corrected chi connectivity index (χ3v) is 4.60. The SMILES string of the molecule is CCC12CC3CC(C1)C2CN3. The Kier molecular flexibility index (Phi) is 1.07. The molecule has 4 unspecified atom stereocenters. The lowest BCUT2D eigenvalue weighted by atomic mass is 9.43. The zero-order valence-electron chi connectivity index (χ0n) is 7.27. The summed E-state index contributed by atoms with van der Waals surface area (Å²) in [6.45, 7) is 3.72. The first-order valence-electron chi connectivity index (χ1n) is 5.07. The molecule has 2 aliphatic heterocycles. The number of piperidine rings is 2. The zero-order chi connectivity index (χ0) is 7.47. The molecule has 1 heteroatoms. The van der Waals surface area contributed by atoms with Crippen LogP contribution in [0.5, 0.6) is 0 Å². The summed E-state index contributed by atoms with van der Waals surface area (Å²) < 4.78 is 0. The minimum absolute atomic E-state index is 0.818. The van der Waals surface area contributed by atoms with Crippen LogP contribution in [0.4, 0.5) is 0 Å². The maximum atomic E-state index is 3.64. The van der Waals surface area contributed by atoms with Crippen LogP contribution >= 0.6 is 0 Å². The van der Waals surface area contributed by atoms with Crippen LogP contribution in [0, 0.1) is 17.3 Å². The van der Waals surface area contributed by atoms with E-state index >= 15 is 0 Å². The molecule has 5 rings (SSSR count). The molecular formula is C10H17N. The van der Waals surface area contributed by atoms with E-state index in [2.05, 4.69) is 12.2 Å². The molecule has 0 spiro atoms. The second-order valence-corrected chi connectivity index (χ2v) is 4.83. The Morgan fingerprint density at radius 2 is 2.36 bits per heavy atom. The summed E-state index contributed by atoms with van der Waals surface area (Å²) >= 11 is 0. The van der Waals surface area contributed by atoms with Gasteiger partial charge in [0.15, 0.2) is 0 Å². The first-order chi connectivity index (χ1) is 5.34. The van der Waals surface area contributed by atoms with E-state index in [0.29, 0.717) is 0 Å². The van der Waals surface area contributed by atoms with Crippen LogP contribution in [0.25, 0.3) is 0 Å². The van der Waals surface area contributed by atoms with Gasteiger partial charge in [0.1, 0.15) is 0 Å². The second-order valence-electron chi connectivity index (χ2n) is 4.83. The van der Waals surface area contributed by atoms with E-state index in [0.717, 1.165) is 23.3 Å². The van der Waals surface area contributed by atoms with Crippen molar-refractivity contribution in [1.29, 1.82) is 0 Å². The Balaban J connectivity index is 1.91. The molecule has 1 nitrogen and oxygen atoms in total. The van der Waals surface area contributed by atoms with Gasteiger partial charge in [-0.05, 0) is 43.1 Å². The van der Waals surface area contributed by atoms with Gasteiger partial charge < -0.3 is 5.32 Å². The van der Waals surface area contributed by atoms with Crippen LogP contribution in [-0.4, -0.2) is 12.6 Å². The average molecular weight is 151 g/mol. The smallest absolute Gasteiger partial charge is 0.00753 e. The Hall–Kier alpha value is -0.0400. The van der Waals surface area contributed by atoms with Crippen molar-refractivity contribution in [2.75, 3.05) is 6.54 Å². The molecule has 0 radical (unpaired) electrons. The number of fused-ring (bicyclic) bond motifs is 1. The highest BCUT2D eigenvalue weighted by atomic mass is 15.0. The Morgan fingerprint density at radius 1 is 1.45 bits per heavy atom. The lowest BCUT2D eigenvalue weighted by Crippen LogP contribution is -2.66. The van der Waals surface area contributed by atoms with Crippen LogP contribution in [0.15, 0.2) is 0 Å². The van der Waals surface area contributed by atoms with Crippen LogP contribution < -0.4 is 5.32 Å². The molecule has 0 aromatic rings. The molecule has 3 saturated carbocycles. The van der Waals surface area contributed by atoms with Gasteiger partial charge in [0.2, 0.25) is 0 Å². The van der Waals surface area contributed by atoms with Crippen molar-refractivity contribution in [2.45, 2.75) is 38.6 Å². The molecular weight excluding hydrogens is 134 g/mol. The molecule has 0 aromatic heterocycles. The predicted octanol–water partition coefficient (Wildman–Crippen LogP) is 1.78. The lowest BCUT2D eigenvalue weighted by molar-refractivity contribution is -0.137. The first-order valence-corrected chi connectivity index (χ1v) is 5.07. The summed E-state index contributed by atoms with van der Waals surface area (Å²) in [4.78, 5) is 0. The molecule has 1 N–H and O–H groups in total. The Morgan fingerprint density at radius 3 is 2.82 bits per heavy atom. The number of hydrogen-bond donors (Lipinski definition) is 1. The molecule has 4 bridgehead atoms. The number of hydrogen-bond acceptors (Lipinski definition) is 1. The van der Waals surface area contributed by atoms with Gasteiger partial charge >= 0.3 is 0 Å². The van der Waals surface area contributed by atoms with E-state index in [4.69, 9.17) is 0 Å². The zero-order valence-corrected chi connectivity index (χ0v) is 7.27.